The van der Waals surface area contributed by atoms with Crippen molar-refractivity contribution in [1.29, 1.82) is 0 Å². The van der Waals surface area contributed by atoms with Crippen LogP contribution < -0.4 is 0 Å². The van der Waals surface area contributed by atoms with Gasteiger partial charge in [0.1, 0.15) is 6.54 Å². The summed E-state index contributed by atoms with van der Waals surface area (Å²) in [6.07, 6.45) is -1.96. The fourth-order valence-electron chi connectivity index (χ4n) is 2.89. The van der Waals surface area contributed by atoms with Crippen LogP contribution in [0.4, 0.5) is 13.2 Å². The van der Waals surface area contributed by atoms with Gasteiger partial charge in [0.05, 0.1) is 10.5 Å². The van der Waals surface area contributed by atoms with Gasteiger partial charge in [-0.2, -0.15) is 17.5 Å². The Hall–Kier alpha value is -1.13. The molecule has 27 heavy (non-hydrogen) atoms. The molecule has 0 unspecified atom stereocenters. The molecule has 0 aliphatic carbocycles. The molecule has 0 N–H and O–H groups in total. The van der Waals surface area contributed by atoms with Crippen LogP contribution >= 0.6 is 15.9 Å². The number of alkyl halides is 3. The second-order valence-corrected chi connectivity index (χ2v) is 9.24. The smallest absolute Gasteiger partial charge is 0.330 e. The van der Waals surface area contributed by atoms with Crippen molar-refractivity contribution < 1.29 is 26.4 Å². The number of carbonyl (C=O) groups is 1. The predicted molar refractivity (Wildman–Crippen MR) is 99.0 cm³/mol. The number of rotatable bonds is 7. The molecule has 0 radical (unpaired) electrons. The average Bonchev–Trinajstić information content (AvgIpc) is 3.12. The van der Waals surface area contributed by atoms with E-state index >= 15 is 0 Å². The maximum Gasteiger partial charge on any atom is 0.406 e. The molecule has 1 heterocycles. The van der Waals surface area contributed by atoms with Crippen LogP contribution in [0.15, 0.2) is 27.6 Å². The third-order valence-electron chi connectivity index (χ3n) is 4.31. The normalized spacial score (nSPS) is 15.9. The van der Waals surface area contributed by atoms with E-state index in [1.807, 2.05) is 6.92 Å². The predicted octanol–water partition coefficient (Wildman–Crippen LogP) is 4.04. The van der Waals surface area contributed by atoms with E-state index in [-0.39, 0.29) is 21.5 Å². The molecule has 1 aliphatic rings. The van der Waals surface area contributed by atoms with E-state index in [1.165, 1.54) is 16.4 Å². The van der Waals surface area contributed by atoms with Crippen LogP contribution in [0.3, 0.4) is 0 Å². The minimum atomic E-state index is -4.53. The topological polar surface area (TPSA) is 57.7 Å². The lowest BCUT2D eigenvalue weighted by molar-refractivity contribution is -0.140. The Morgan fingerprint density at radius 2 is 1.89 bits per heavy atom. The fraction of sp³-hybridized carbons (Fsp3) is 0.588. The minimum Gasteiger partial charge on any atom is -0.330 e. The minimum absolute atomic E-state index is 0.0512. The molecule has 1 amide bonds. The first kappa shape index (κ1) is 22.2. The largest absolute Gasteiger partial charge is 0.406 e. The lowest BCUT2D eigenvalue weighted by Gasteiger charge is -2.25. The van der Waals surface area contributed by atoms with Gasteiger partial charge in [-0.1, -0.05) is 13.3 Å². The Kier molecular flexibility index (Phi) is 7.32. The van der Waals surface area contributed by atoms with Crippen LogP contribution in [0.25, 0.3) is 0 Å². The number of hydrogen-bond acceptors (Lipinski definition) is 3. The van der Waals surface area contributed by atoms with E-state index < -0.39 is 28.7 Å². The van der Waals surface area contributed by atoms with Gasteiger partial charge in [-0.15, -0.1) is 0 Å². The molecule has 1 saturated heterocycles. The summed E-state index contributed by atoms with van der Waals surface area (Å²) in [5, 5.41) is 0. The molecule has 1 aliphatic heterocycles. The summed E-state index contributed by atoms with van der Waals surface area (Å²) >= 11 is 3.16. The zero-order valence-electron chi connectivity index (χ0n) is 14.9. The second kappa shape index (κ2) is 8.91. The van der Waals surface area contributed by atoms with Gasteiger partial charge in [-0.05, 0) is 53.4 Å². The molecule has 152 valence electrons. The maximum atomic E-state index is 12.9. The van der Waals surface area contributed by atoms with Gasteiger partial charge < -0.3 is 4.90 Å². The lowest BCUT2D eigenvalue weighted by atomic mass is 10.2. The highest BCUT2D eigenvalue weighted by atomic mass is 79.9. The molecule has 0 bridgehead atoms. The van der Waals surface area contributed by atoms with Crippen LogP contribution in [-0.4, -0.2) is 55.9 Å². The van der Waals surface area contributed by atoms with Crippen LogP contribution in [-0.2, 0) is 10.0 Å². The monoisotopic (exact) mass is 470 g/mol. The Bertz CT molecular complexity index is 778. The van der Waals surface area contributed by atoms with Crippen molar-refractivity contribution in [3.8, 4) is 0 Å². The molecule has 2 rings (SSSR count). The van der Waals surface area contributed by atoms with Gasteiger partial charge in [0, 0.05) is 24.1 Å². The van der Waals surface area contributed by atoms with Crippen molar-refractivity contribution in [3.63, 3.8) is 0 Å². The van der Waals surface area contributed by atoms with Crippen molar-refractivity contribution in [2.45, 2.75) is 43.7 Å². The molecule has 0 saturated carbocycles. The van der Waals surface area contributed by atoms with Crippen molar-refractivity contribution in [3.05, 3.63) is 28.2 Å². The van der Waals surface area contributed by atoms with E-state index in [1.54, 1.807) is 0 Å². The summed E-state index contributed by atoms with van der Waals surface area (Å²) in [7, 11) is -3.77. The zero-order valence-corrected chi connectivity index (χ0v) is 17.3. The number of unbranched alkanes of at least 4 members (excludes halogenated alkanes) is 1. The highest BCUT2D eigenvalue weighted by molar-refractivity contribution is 9.10. The Balaban J connectivity index is 2.36. The standard InChI is InChI=1S/C17H22BrF3N2O3S/c1-2-3-8-22(12-17(19,20)21)16(24)14-11-13(6-7-15(14)18)27(25,26)23-9-4-5-10-23/h6-7,11H,2-5,8-10,12H2,1H3. The van der Waals surface area contributed by atoms with Crippen LogP contribution in [0.2, 0.25) is 0 Å². The molecule has 5 nitrogen and oxygen atoms in total. The summed E-state index contributed by atoms with van der Waals surface area (Å²) in [5.41, 5.74) is -0.0874. The number of amides is 1. The number of benzene rings is 1. The molecule has 0 atom stereocenters. The van der Waals surface area contributed by atoms with Gasteiger partial charge in [0.15, 0.2) is 0 Å². The molecule has 1 aromatic rings. The first-order valence-electron chi connectivity index (χ1n) is 8.72. The summed E-state index contributed by atoms with van der Waals surface area (Å²) in [5.74, 6) is -0.842. The number of halogens is 4. The fourth-order valence-corrected chi connectivity index (χ4v) is 4.85. The van der Waals surface area contributed by atoms with Crippen LogP contribution in [0.1, 0.15) is 43.0 Å². The number of hydrogen-bond donors (Lipinski definition) is 0. The van der Waals surface area contributed by atoms with Crippen LogP contribution in [0, 0.1) is 0 Å². The Morgan fingerprint density at radius 1 is 1.26 bits per heavy atom. The zero-order chi connectivity index (χ0) is 20.2. The first-order valence-corrected chi connectivity index (χ1v) is 11.0. The van der Waals surface area contributed by atoms with Crippen LogP contribution in [0.5, 0.6) is 0 Å². The summed E-state index contributed by atoms with van der Waals surface area (Å²) in [6.45, 7) is 1.19. The van der Waals surface area contributed by atoms with Gasteiger partial charge in [-0.25, -0.2) is 8.42 Å². The van der Waals surface area contributed by atoms with E-state index in [0.717, 1.165) is 23.8 Å². The van der Waals surface area contributed by atoms with Crippen molar-refractivity contribution in [2.24, 2.45) is 0 Å². The van der Waals surface area contributed by atoms with Gasteiger partial charge in [0.2, 0.25) is 10.0 Å². The summed E-state index contributed by atoms with van der Waals surface area (Å²) < 4.78 is 65.6. The van der Waals surface area contributed by atoms with E-state index in [0.29, 0.717) is 25.9 Å². The van der Waals surface area contributed by atoms with Gasteiger partial charge in [0.25, 0.3) is 5.91 Å². The highest BCUT2D eigenvalue weighted by Gasteiger charge is 2.34. The van der Waals surface area contributed by atoms with E-state index in [4.69, 9.17) is 0 Å². The molecule has 0 spiro atoms. The number of nitrogens with zero attached hydrogens (tertiary/aromatic N) is 2. The molecular weight excluding hydrogens is 449 g/mol. The average molecular weight is 471 g/mol. The molecule has 1 fully saturated rings. The highest BCUT2D eigenvalue weighted by Crippen LogP contribution is 2.27. The van der Waals surface area contributed by atoms with Crippen molar-refractivity contribution in [2.75, 3.05) is 26.2 Å². The van der Waals surface area contributed by atoms with Crippen molar-refractivity contribution in [1.82, 2.24) is 9.21 Å². The summed E-state index contributed by atoms with van der Waals surface area (Å²) in [4.78, 5) is 13.4. The molecular formula is C17H22BrF3N2O3S. The third kappa shape index (κ3) is 5.68. The van der Waals surface area contributed by atoms with Gasteiger partial charge in [-0.3, -0.25) is 4.79 Å². The van der Waals surface area contributed by atoms with Crippen molar-refractivity contribution >= 4 is 31.9 Å². The third-order valence-corrected chi connectivity index (χ3v) is 6.90. The molecule has 10 heteroatoms. The SMILES string of the molecule is CCCCN(CC(F)(F)F)C(=O)c1cc(S(=O)(=O)N2CCCC2)ccc1Br. The maximum absolute atomic E-state index is 12.9. The summed E-state index contributed by atoms with van der Waals surface area (Å²) in [6, 6.07) is 3.91. The quantitative estimate of drug-likeness (QED) is 0.604. The Morgan fingerprint density at radius 3 is 2.44 bits per heavy atom. The Labute approximate surface area is 165 Å². The lowest BCUT2D eigenvalue weighted by Crippen LogP contribution is -2.39. The molecule has 0 aromatic heterocycles. The van der Waals surface area contributed by atoms with Gasteiger partial charge >= 0.3 is 6.18 Å². The van der Waals surface area contributed by atoms with E-state index in [9.17, 15) is 26.4 Å². The first-order chi connectivity index (χ1) is 12.6. The van der Waals surface area contributed by atoms with E-state index in [2.05, 4.69) is 15.9 Å². The number of carbonyl (C=O) groups excluding carboxylic acids is 1. The molecule has 1 aromatic carbocycles. The second-order valence-electron chi connectivity index (χ2n) is 6.45. The number of sulfonamides is 1.